The monoisotopic (exact) mass is 557 g/mol. The highest BCUT2D eigenvalue weighted by Crippen LogP contribution is 2.23. The Morgan fingerprint density at radius 1 is 1.13 bits per heavy atom. The SMILES string of the molecule is CCNC(=NCCCCCCC(=O)OC(C)(C)C)NC1CCCC(S(=O)CC)C1.I. The molecule has 0 aromatic carbocycles. The molecule has 3 unspecified atom stereocenters. The van der Waals surface area contributed by atoms with Crippen LogP contribution >= 0.6 is 24.0 Å². The van der Waals surface area contributed by atoms with Gasteiger partial charge in [-0.05, 0) is 59.8 Å². The molecule has 1 fully saturated rings. The van der Waals surface area contributed by atoms with Crippen molar-refractivity contribution in [2.24, 2.45) is 4.99 Å². The van der Waals surface area contributed by atoms with Gasteiger partial charge in [-0.15, -0.1) is 24.0 Å². The first-order valence-corrected chi connectivity index (χ1v) is 12.8. The van der Waals surface area contributed by atoms with Gasteiger partial charge >= 0.3 is 5.97 Å². The molecule has 8 heteroatoms. The van der Waals surface area contributed by atoms with E-state index in [0.29, 0.717) is 17.7 Å². The van der Waals surface area contributed by atoms with Crippen LogP contribution in [0, 0.1) is 0 Å². The average Bonchev–Trinajstić information content (AvgIpc) is 2.65. The number of esters is 1. The minimum absolute atomic E-state index is 0. The Morgan fingerprint density at radius 3 is 2.47 bits per heavy atom. The molecular weight excluding hydrogens is 513 g/mol. The number of carbonyl (C=O) groups excluding carboxylic acids is 1. The summed E-state index contributed by atoms with van der Waals surface area (Å²) in [5.41, 5.74) is -0.397. The molecule has 0 aromatic heterocycles. The number of nitrogens with zero attached hydrogens (tertiary/aromatic N) is 1. The molecule has 0 radical (unpaired) electrons. The van der Waals surface area contributed by atoms with Crippen molar-refractivity contribution in [3.05, 3.63) is 0 Å². The van der Waals surface area contributed by atoms with Crippen molar-refractivity contribution in [3.63, 3.8) is 0 Å². The number of carbonyl (C=O) groups is 1. The lowest BCUT2D eigenvalue weighted by atomic mass is 9.95. The predicted octanol–water partition coefficient (Wildman–Crippen LogP) is 4.53. The lowest BCUT2D eigenvalue weighted by Crippen LogP contribution is -2.46. The van der Waals surface area contributed by atoms with E-state index < -0.39 is 16.4 Å². The van der Waals surface area contributed by atoms with Gasteiger partial charge in [0.15, 0.2) is 5.96 Å². The van der Waals surface area contributed by atoms with Crippen molar-refractivity contribution < 1.29 is 13.7 Å². The van der Waals surface area contributed by atoms with Gasteiger partial charge in [0.1, 0.15) is 5.60 Å². The van der Waals surface area contributed by atoms with Crippen LogP contribution in [-0.2, 0) is 20.3 Å². The van der Waals surface area contributed by atoms with E-state index in [9.17, 15) is 9.00 Å². The van der Waals surface area contributed by atoms with Crippen molar-refractivity contribution in [1.82, 2.24) is 10.6 Å². The number of aliphatic imine (C=N–C) groups is 1. The summed E-state index contributed by atoms with van der Waals surface area (Å²) in [6.45, 7) is 11.4. The molecule has 3 atom stereocenters. The summed E-state index contributed by atoms with van der Waals surface area (Å²) < 4.78 is 17.5. The number of hydrogen-bond donors (Lipinski definition) is 2. The number of nitrogens with one attached hydrogen (secondary N) is 2. The fourth-order valence-electron chi connectivity index (χ4n) is 3.58. The molecule has 1 aliphatic rings. The maximum absolute atomic E-state index is 12.1. The number of unbranched alkanes of at least 4 members (excludes halogenated alkanes) is 3. The van der Waals surface area contributed by atoms with Crippen LogP contribution in [0.15, 0.2) is 4.99 Å². The zero-order valence-corrected chi connectivity index (χ0v) is 22.8. The molecule has 178 valence electrons. The molecule has 1 rings (SSSR count). The van der Waals surface area contributed by atoms with Gasteiger partial charge in [-0.1, -0.05) is 26.2 Å². The standard InChI is InChI=1S/C22H43N3O3S.HI/c1-6-23-21(25-18-13-12-14-19(17-18)29(27)7-2)24-16-11-9-8-10-15-20(26)28-22(3,4)5;/h18-19H,6-17H2,1-5H3,(H2,23,24,25);1H. The van der Waals surface area contributed by atoms with E-state index in [-0.39, 0.29) is 29.9 Å². The predicted molar refractivity (Wildman–Crippen MR) is 138 cm³/mol. The lowest BCUT2D eigenvalue weighted by molar-refractivity contribution is -0.154. The molecule has 1 aliphatic carbocycles. The van der Waals surface area contributed by atoms with Gasteiger partial charge < -0.3 is 15.4 Å². The number of rotatable bonds is 11. The third-order valence-corrected chi connectivity index (χ3v) is 6.69. The van der Waals surface area contributed by atoms with Crippen LogP contribution in [0.25, 0.3) is 0 Å². The minimum Gasteiger partial charge on any atom is -0.460 e. The van der Waals surface area contributed by atoms with Crippen LogP contribution in [0.2, 0.25) is 0 Å². The van der Waals surface area contributed by atoms with Crippen molar-refractivity contribution in [2.45, 2.75) is 109 Å². The number of halogens is 1. The van der Waals surface area contributed by atoms with Gasteiger partial charge in [0, 0.05) is 47.4 Å². The van der Waals surface area contributed by atoms with Crippen LogP contribution < -0.4 is 10.6 Å². The Morgan fingerprint density at radius 2 is 1.83 bits per heavy atom. The maximum Gasteiger partial charge on any atom is 0.306 e. The molecule has 0 aromatic rings. The Labute approximate surface area is 203 Å². The summed E-state index contributed by atoms with van der Waals surface area (Å²) in [5.74, 6) is 1.51. The largest absolute Gasteiger partial charge is 0.460 e. The topological polar surface area (TPSA) is 79.8 Å². The Bertz CT molecular complexity index is 538. The highest BCUT2D eigenvalue weighted by Gasteiger charge is 2.26. The summed E-state index contributed by atoms with van der Waals surface area (Å²) in [7, 11) is -0.705. The average molecular weight is 558 g/mol. The second-order valence-corrected chi connectivity index (χ2v) is 10.8. The third kappa shape index (κ3) is 13.8. The van der Waals surface area contributed by atoms with Gasteiger partial charge in [-0.3, -0.25) is 14.0 Å². The smallest absolute Gasteiger partial charge is 0.306 e. The van der Waals surface area contributed by atoms with E-state index >= 15 is 0 Å². The molecule has 6 nitrogen and oxygen atoms in total. The summed E-state index contributed by atoms with van der Waals surface area (Å²) in [4.78, 5) is 16.4. The molecule has 0 amide bonds. The van der Waals surface area contributed by atoms with Crippen molar-refractivity contribution in [2.75, 3.05) is 18.8 Å². The van der Waals surface area contributed by atoms with Crippen LogP contribution in [0.1, 0.15) is 92.4 Å². The van der Waals surface area contributed by atoms with Crippen LogP contribution in [-0.4, -0.2) is 51.9 Å². The minimum atomic E-state index is -0.705. The molecule has 0 saturated heterocycles. The molecule has 0 aliphatic heterocycles. The molecule has 2 N–H and O–H groups in total. The first-order chi connectivity index (χ1) is 13.7. The summed E-state index contributed by atoms with van der Waals surface area (Å²) in [6, 6.07) is 0.357. The van der Waals surface area contributed by atoms with Crippen LogP contribution in [0.3, 0.4) is 0 Å². The molecule has 30 heavy (non-hydrogen) atoms. The first kappa shape index (κ1) is 29.6. The Hall–Kier alpha value is -0.380. The van der Waals surface area contributed by atoms with E-state index in [1.165, 1.54) is 0 Å². The first-order valence-electron chi connectivity index (χ1n) is 11.4. The van der Waals surface area contributed by atoms with Crippen molar-refractivity contribution in [3.8, 4) is 0 Å². The van der Waals surface area contributed by atoms with Gasteiger partial charge in [0.2, 0.25) is 0 Å². The lowest BCUT2D eigenvalue weighted by Gasteiger charge is -2.30. The fraction of sp³-hybridized carbons (Fsp3) is 0.909. The van der Waals surface area contributed by atoms with Gasteiger partial charge in [-0.25, -0.2) is 0 Å². The van der Waals surface area contributed by atoms with E-state index in [1.54, 1.807) is 0 Å². The third-order valence-electron chi connectivity index (χ3n) is 4.95. The molecular formula is C22H44IN3O3S. The Balaban J connectivity index is 0.00000841. The zero-order chi connectivity index (χ0) is 21.7. The summed E-state index contributed by atoms with van der Waals surface area (Å²) in [6.07, 6.45) is 8.75. The summed E-state index contributed by atoms with van der Waals surface area (Å²) in [5, 5.41) is 7.19. The van der Waals surface area contributed by atoms with Crippen molar-refractivity contribution >= 4 is 46.7 Å². The fourth-order valence-corrected chi connectivity index (χ4v) is 4.93. The van der Waals surface area contributed by atoms with E-state index in [0.717, 1.165) is 76.2 Å². The van der Waals surface area contributed by atoms with Gasteiger partial charge in [0.25, 0.3) is 0 Å². The normalized spacial score (nSPS) is 20.8. The Kier molecular flexibility index (Phi) is 16.1. The number of ether oxygens (including phenoxy) is 1. The van der Waals surface area contributed by atoms with E-state index in [4.69, 9.17) is 9.73 Å². The summed E-state index contributed by atoms with van der Waals surface area (Å²) >= 11 is 0. The van der Waals surface area contributed by atoms with Gasteiger partial charge in [0.05, 0.1) is 0 Å². The quantitative estimate of drug-likeness (QED) is 0.128. The second kappa shape index (κ2) is 16.3. The van der Waals surface area contributed by atoms with E-state index in [1.807, 2.05) is 27.7 Å². The number of hydrogen-bond acceptors (Lipinski definition) is 4. The second-order valence-electron chi connectivity index (χ2n) is 8.81. The van der Waals surface area contributed by atoms with Gasteiger partial charge in [-0.2, -0.15) is 0 Å². The van der Waals surface area contributed by atoms with Crippen LogP contribution in [0.5, 0.6) is 0 Å². The van der Waals surface area contributed by atoms with Crippen molar-refractivity contribution in [1.29, 1.82) is 0 Å². The maximum atomic E-state index is 12.1. The zero-order valence-electron chi connectivity index (χ0n) is 19.6. The van der Waals surface area contributed by atoms with E-state index in [2.05, 4.69) is 17.6 Å². The van der Waals surface area contributed by atoms with Crippen LogP contribution in [0.4, 0.5) is 0 Å². The molecule has 1 saturated carbocycles. The molecule has 0 bridgehead atoms. The molecule has 0 spiro atoms. The molecule has 0 heterocycles. The number of guanidine groups is 1. The highest BCUT2D eigenvalue weighted by atomic mass is 127. The highest BCUT2D eigenvalue weighted by molar-refractivity contribution is 14.0.